The monoisotopic (exact) mass is 406 g/mol. The largest absolute Gasteiger partial charge is 0.0836 e. The zero-order valence-corrected chi connectivity index (χ0v) is 17.1. The molecular formula is C25H27Br. The van der Waals surface area contributed by atoms with Crippen LogP contribution in [0.4, 0.5) is 0 Å². The van der Waals surface area contributed by atoms with Gasteiger partial charge in [0.1, 0.15) is 0 Å². The first-order valence-electron chi connectivity index (χ1n) is 10.5. The molecule has 0 amide bonds. The van der Waals surface area contributed by atoms with E-state index < -0.39 is 0 Å². The number of halogens is 1. The van der Waals surface area contributed by atoms with Crippen molar-refractivity contribution in [3.63, 3.8) is 0 Å². The van der Waals surface area contributed by atoms with Gasteiger partial charge >= 0.3 is 0 Å². The van der Waals surface area contributed by atoms with Crippen LogP contribution in [0.15, 0.2) is 46.5 Å². The second-order valence-electron chi connectivity index (χ2n) is 8.29. The molecule has 0 saturated heterocycles. The zero-order valence-electron chi connectivity index (χ0n) is 15.5. The third-order valence-corrected chi connectivity index (χ3v) is 7.50. The molecule has 0 aromatic heterocycles. The molecule has 1 heteroatoms. The molecule has 0 heterocycles. The van der Waals surface area contributed by atoms with Crippen LogP contribution in [0.5, 0.6) is 0 Å². The Bertz CT molecular complexity index is 907. The van der Waals surface area contributed by atoms with Crippen LogP contribution in [0.25, 0.3) is 16.3 Å². The summed E-state index contributed by atoms with van der Waals surface area (Å²) in [6, 6.07) is 9.55. The van der Waals surface area contributed by atoms with E-state index in [2.05, 4.69) is 52.3 Å². The van der Waals surface area contributed by atoms with Crippen molar-refractivity contribution < 1.29 is 0 Å². The van der Waals surface area contributed by atoms with Gasteiger partial charge in [-0.3, -0.25) is 0 Å². The molecule has 134 valence electrons. The van der Waals surface area contributed by atoms with Gasteiger partial charge in [-0.2, -0.15) is 0 Å². The molecule has 1 fully saturated rings. The molecule has 3 aliphatic rings. The van der Waals surface area contributed by atoms with Crippen LogP contribution in [-0.2, 0) is 6.42 Å². The molecule has 2 aromatic carbocycles. The Hall–Kier alpha value is -1.34. The minimum atomic E-state index is 0.724. The van der Waals surface area contributed by atoms with E-state index in [1.165, 1.54) is 90.6 Å². The first-order chi connectivity index (χ1) is 12.8. The van der Waals surface area contributed by atoms with Gasteiger partial charge in [-0.1, -0.05) is 77.5 Å². The Kier molecular flexibility index (Phi) is 4.52. The van der Waals surface area contributed by atoms with Crippen molar-refractivity contribution in [1.82, 2.24) is 0 Å². The van der Waals surface area contributed by atoms with Gasteiger partial charge in [-0.05, 0) is 83.5 Å². The topological polar surface area (TPSA) is 0 Å². The van der Waals surface area contributed by atoms with Crippen LogP contribution >= 0.6 is 15.9 Å². The molecule has 0 N–H and O–H groups in total. The molecule has 0 bridgehead atoms. The molecule has 0 aliphatic heterocycles. The lowest BCUT2D eigenvalue weighted by Crippen LogP contribution is -2.08. The summed E-state index contributed by atoms with van der Waals surface area (Å²) in [5, 5.41) is 3.02. The van der Waals surface area contributed by atoms with Crippen LogP contribution in [-0.4, -0.2) is 0 Å². The van der Waals surface area contributed by atoms with Gasteiger partial charge in [0.25, 0.3) is 0 Å². The van der Waals surface area contributed by atoms with Crippen molar-refractivity contribution in [1.29, 1.82) is 0 Å². The van der Waals surface area contributed by atoms with Gasteiger partial charge < -0.3 is 0 Å². The smallest absolute Gasteiger partial charge is 0.0216 e. The van der Waals surface area contributed by atoms with E-state index in [1.54, 1.807) is 16.7 Å². The quantitative estimate of drug-likeness (QED) is 0.419. The molecule has 0 nitrogen and oxygen atoms in total. The number of aryl methyl sites for hydroxylation is 1. The fourth-order valence-electron chi connectivity index (χ4n) is 5.50. The summed E-state index contributed by atoms with van der Waals surface area (Å²) in [5.74, 6) is 0.724. The fraction of sp³-hybridized carbons (Fsp3) is 0.440. The maximum absolute atomic E-state index is 3.91. The van der Waals surface area contributed by atoms with E-state index in [-0.39, 0.29) is 0 Å². The number of allylic oxidation sites excluding steroid dienone is 4. The number of hydrogen-bond donors (Lipinski definition) is 0. The Labute approximate surface area is 165 Å². The van der Waals surface area contributed by atoms with E-state index in [1.807, 2.05) is 0 Å². The van der Waals surface area contributed by atoms with Crippen LogP contribution in [0.1, 0.15) is 80.4 Å². The normalized spacial score (nSPS) is 20.8. The van der Waals surface area contributed by atoms with Crippen LogP contribution in [0.3, 0.4) is 0 Å². The number of benzene rings is 2. The minimum Gasteiger partial charge on any atom is -0.0836 e. The average Bonchev–Trinajstić information content (AvgIpc) is 2.96. The second kappa shape index (κ2) is 7.00. The standard InChI is InChI=1S/C25H27Br/c26-24-16-15-22-21-12-11-17-7-5-6-10-19(17)20(21)13-14-23(22)25(24)18-8-3-1-2-4-9-18/h6,10,13-16,18H,1-5,7-9,11-12H2. The minimum absolute atomic E-state index is 0.724. The van der Waals surface area contributed by atoms with Gasteiger partial charge in [-0.25, -0.2) is 0 Å². The third kappa shape index (κ3) is 2.80. The number of hydrogen-bond acceptors (Lipinski definition) is 0. The van der Waals surface area contributed by atoms with Crippen molar-refractivity contribution in [2.24, 2.45) is 0 Å². The van der Waals surface area contributed by atoms with Crippen molar-refractivity contribution in [2.75, 3.05) is 0 Å². The summed E-state index contributed by atoms with van der Waals surface area (Å²) >= 11 is 3.91. The average molecular weight is 407 g/mol. The summed E-state index contributed by atoms with van der Waals surface area (Å²) in [6.07, 6.45) is 18.0. The number of rotatable bonds is 1. The van der Waals surface area contributed by atoms with Gasteiger partial charge in [0.05, 0.1) is 0 Å². The predicted molar refractivity (Wildman–Crippen MR) is 116 cm³/mol. The van der Waals surface area contributed by atoms with Crippen molar-refractivity contribution in [3.05, 3.63) is 63.2 Å². The van der Waals surface area contributed by atoms with Gasteiger partial charge in [0.2, 0.25) is 0 Å². The van der Waals surface area contributed by atoms with E-state index in [0.29, 0.717) is 0 Å². The molecule has 3 aliphatic carbocycles. The van der Waals surface area contributed by atoms with Crippen LogP contribution in [0, 0.1) is 0 Å². The second-order valence-corrected chi connectivity index (χ2v) is 9.15. The lowest BCUT2D eigenvalue weighted by molar-refractivity contribution is 0.594. The molecule has 0 atom stereocenters. The molecule has 0 radical (unpaired) electrons. The van der Waals surface area contributed by atoms with E-state index in [0.717, 1.165) is 5.92 Å². The lowest BCUT2D eigenvalue weighted by atomic mass is 9.78. The molecular weight excluding hydrogens is 380 g/mol. The molecule has 0 spiro atoms. The first kappa shape index (κ1) is 16.8. The maximum atomic E-state index is 3.91. The first-order valence-corrected chi connectivity index (χ1v) is 11.2. The molecule has 1 saturated carbocycles. The highest BCUT2D eigenvalue weighted by molar-refractivity contribution is 9.10. The van der Waals surface area contributed by atoms with Crippen LogP contribution in [0.2, 0.25) is 0 Å². The Morgan fingerprint density at radius 3 is 2.46 bits per heavy atom. The Morgan fingerprint density at radius 2 is 1.62 bits per heavy atom. The summed E-state index contributed by atoms with van der Waals surface area (Å²) in [6.45, 7) is 0. The Balaban J connectivity index is 1.68. The van der Waals surface area contributed by atoms with Crippen molar-refractivity contribution in [2.45, 2.75) is 70.1 Å². The highest BCUT2D eigenvalue weighted by Crippen LogP contribution is 2.44. The Morgan fingerprint density at radius 1 is 0.808 bits per heavy atom. The summed E-state index contributed by atoms with van der Waals surface area (Å²) in [5.41, 5.74) is 7.89. The molecule has 0 unspecified atom stereocenters. The van der Waals surface area contributed by atoms with Crippen molar-refractivity contribution in [3.8, 4) is 0 Å². The van der Waals surface area contributed by atoms with E-state index in [4.69, 9.17) is 0 Å². The fourth-order valence-corrected chi connectivity index (χ4v) is 6.17. The lowest BCUT2D eigenvalue weighted by Gasteiger charge is -2.27. The van der Waals surface area contributed by atoms with E-state index in [9.17, 15) is 0 Å². The predicted octanol–water partition coefficient (Wildman–Crippen LogP) is 8.09. The van der Waals surface area contributed by atoms with Gasteiger partial charge in [0.15, 0.2) is 0 Å². The highest BCUT2D eigenvalue weighted by Gasteiger charge is 2.24. The van der Waals surface area contributed by atoms with Gasteiger partial charge in [-0.15, -0.1) is 0 Å². The van der Waals surface area contributed by atoms with Crippen molar-refractivity contribution >= 4 is 32.3 Å². The zero-order chi connectivity index (χ0) is 17.5. The molecule has 26 heavy (non-hydrogen) atoms. The maximum Gasteiger partial charge on any atom is 0.0216 e. The molecule has 2 aromatic rings. The third-order valence-electron chi connectivity index (χ3n) is 6.81. The van der Waals surface area contributed by atoms with E-state index >= 15 is 0 Å². The summed E-state index contributed by atoms with van der Waals surface area (Å²) < 4.78 is 1.32. The highest BCUT2D eigenvalue weighted by atomic mass is 79.9. The molecule has 5 rings (SSSR count). The van der Waals surface area contributed by atoms with Crippen LogP contribution < -0.4 is 0 Å². The summed E-state index contributed by atoms with van der Waals surface area (Å²) in [7, 11) is 0. The SMILES string of the molecule is Brc1ccc2c3c(ccc2c1C1CCCCCC1)C1=C(CCC=C1)CC3. The van der Waals surface area contributed by atoms with Gasteiger partial charge in [0, 0.05) is 4.47 Å². The summed E-state index contributed by atoms with van der Waals surface area (Å²) in [4.78, 5) is 0. The number of fused-ring (bicyclic) bond motifs is 4.